The van der Waals surface area contributed by atoms with E-state index in [1.54, 1.807) is 4.90 Å². The molecule has 0 unspecified atom stereocenters. The Kier molecular flexibility index (Phi) is 5.87. The van der Waals surface area contributed by atoms with Gasteiger partial charge in [-0.3, -0.25) is 9.59 Å². The fourth-order valence-electron chi connectivity index (χ4n) is 4.81. The Labute approximate surface area is 207 Å². The smallest absolute Gasteiger partial charge is 0.228 e. The first kappa shape index (κ1) is 22.3. The van der Waals surface area contributed by atoms with Crippen LogP contribution < -0.4 is 10.1 Å². The Bertz CT molecular complexity index is 1430. The molecule has 0 radical (unpaired) electrons. The van der Waals surface area contributed by atoms with Crippen molar-refractivity contribution in [1.82, 2.24) is 15.4 Å². The number of hydrogen-bond acceptors (Lipinski definition) is 6. The van der Waals surface area contributed by atoms with Crippen molar-refractivity contribution in [3.05, 3.63) is 89.6 Å². The minimum absolute atomic E-state index is 0.0829. The molecule has 2 atom stereocenters. The Morgan fingerprint density at radius 1 is 0.972 bits per heavy atom. The predicted octanol–water partition coefficient (Wildman–Crippen LogP) is 3.63. The molecule has 0 spiro atoms. The van der Waals surface area contributed by atoms with Crippen molar-refractivity contribution < 1.29 is 23.6 Å². The molecule has 8 heteroatoms. The topological polar surface area (TPSA) is 93.9 Å². The molecule has 36 heavy (non-hydrogen) atoms. The third-order valence-corrected chi connectivity index (χ3v) is 6.60. The number of nitrogens with zero attached hydrogens (tertiary/aromatic N) is 2. The van der Waals surface area contributed by atoms with Gasteiger partial charge >= 0.3 is 0 Å². The molecule has 3 aromatic carbocycles. The molecule has 4 bridgehead atoms. The van der Waals surface area contributed by atoms with Gasteiger partial charge < -0.3 is 24.2 Å². The fourth-order valence-corrected chi connectivity index (χ4v) is 4.81. The van der Waals surface area contributed by atoms with Crippen molar-refractivity contribution in [3.63, 3.8) is 0 Å². The lowest BCUT2D eigenvalue weighted by molar-refractivity contribution is -0.130. The number of para-hydroxylation sites is 1. The van der Waals surface area contributed by atoms with E-state index < -0.39 is 0 Å². The molecule has 2 amide bonds. The molecular formula is C28H25N3O5. The minimum Gasteiger partial charge on any atom is -0.457 e. The van der Waals surface area contributed by atoms with Crippen LogP contribution in [-0.2, 0) is 33.8 Å². The summed E-state index contributed by atoms with van der Waals surface area (Å²) in [5.74, 6) is 1.17. The van der Waals surface area contributed by atoms with Crippen molar-refractivity contribution in [2.45, 2.75) is 31.6 Å². The van der Waals surface area contributed by atoms with E-state index in [9.17, 15) is 9.59 Å². The second kappa shape index (κ2) is 9.47. The van der Waals surface area contributed by atoms with E-state index in [4.69, 9.17) is 14.0 Å². The summed E-state index contributed by atoms with van der Waals surface area (Å²) in [5, 5.41) is 8.01. The van der Waals surface area contributed by atoms with Gasteiger partial charge in [0, 0.05) is 18.5 Å². The summed E-state index contributed by atoms with van der Waals surface area (Å²) < 4.78 is 17.6. The van der Waals surface area contributed by atoms with Crippen LogP contribution in [0.15, 0.2) is 77.3 Å². The first-order valence-corrected chi connectivity index (χ1v) is 12.0. The molecule has 4 aromatic rings. The van der Waals surface area contributed by atoms with Crippen LogP contribution in [0, 0.1) is 0 Å². The van der Waals surface area contributed by atoms with Crippen LogP contribution in [0.5, 0.6) is 11.5 Å². The Morgan fingerprint density at radius 3 is 2.61 bits per heavy atom. The van der Waals surface area contributed by atoms with Gasteiger partial charge in [-0.15, -0.1) is 0 Å². The minimum atomic E-state index is -0.342. The molecule has 8 nitrogen and oxygen atoms in total. The number of benzene rings is 3. The van der Waals surface area contributed by atoms with Crippen molar-refractivity contribution in [1.29, 1.82) is 0 Å². The Hall–Kier alpha value is -4.17. The van der Waals surface area contributed by atoms with Gasteiger partial charge in [0.1, 0.15) is 17.2 Å². The summed E-state index contributed by atoms with van der Waals surface area (Å²) in [6.45, 7) is 1.09. The van der Waals surface area contributed by atoms with Crippen LogP contribution in [0.25, 0.3) is 11.0 Å². The van der Waals surface area contributed by atoms with E-state index in [1.807, 2.05) is 72.8 Å². The Morgan fingerprint density at radius 2 is 1.75 bits per heavy atom. The first-order valence-electron chi connectivity index (χ1n) is 12.0. The number of likely N-dealkylation sites (tertiary alicyclic amines) is 1. The summed E-state index contributed by atoms with van der Waals surface area (Å²) >= 11 is 0. The zero-order valence-corrected chi connectivity index (χ0v) is 19.6. The second-order valence-corrected chi connectivity index (χ2v) is 9.20. The third-order valence-electron chi connectivity index (χ3n) is 6.60. The van der Waals surface area contributed by atoms with E-state index >= 15 is 0 Å². The van der Waals surface area contributed by atoms with Gasteiger partial charge in [0.15, 0.2) is 5.58 Å². The number of ether oxygens (including phenoxy) is 2. The molecule has 2 aliphatic rings. The quantitative estimate of drug-likeness (QED) is 0.468. The molecule has 0 aliphatic carbocycles. The second-order valence-electron chi connectivity index (χ2n) is 9.20. The SMILES string of the molecule is O=C1Cc2cccc(c2)Oc2cccc(c2)CO[C@H]2CN(C(=O)Cc3noc4ccccc34)C[C@@H]2N1. The maximum Gasteiger partial charge on any atom is 0.228 e. The van der Waals surface area contributed by atoms with E-state index in [1.165, 1.54) is 0 Å². The van der Waals surface area contributed by atoms with Crippen LogP contribution in [0.3, 0.4) is 0 Å². The zero-order valence-electron chi connectivity index (χ0n) is 19.6. The normalized spacial score (nSPS) is 19.8. The van der Waals surface area contributed by atoms with Crippen LogP contribution in [0.4, 0.5) is 0 Å². The third kappa shape index (κ3) is 4.67. The Balaban J connectivity index is 1.23. The van der Waals surface area contributed by atoms with Gasteiger partial charge in [-0.1, -0.05) is 41.6 Å². The molecule has 1 fully saturated rings. The van der Waals surface area contributed by atoms with Crippen LogP contribution in [-0.4, -0.2) is 47.1 Å². The lowest BCUT2D eigenvalue weighted by Crippen LogP contribution is -2.44. The lowest BCUT2D eigenvalue weighted by Gasteiger charge is -2.21. The summed E-state index contributed by atoms with van der Waals surface area (Å²) in [6, 6.07) is 22.4. The molecule has 3 heterocycles. The molecule has 1 N–H and O–H groups in total. The monoisotopic (exact) mass is 483 g/mol. The first-order chi connectivity index (χ1) is 17.6. The highest BCUT2D eigenvalue weighted by Gasteiger charge is 2.37. The number of rotatable bonds is 2. The average molecular weight is 484 g/mol. The van der Waals surface area contributed by atoms with Crippen molar-refractivity contribution in [2.75, 3.05) is 13.1 Å². The molecular weight excluding hydrogens is 458 g/mol. The largest absolute Gasteiger partial charge is 0.457 e. The highest BCUT2D eigenvalue weighted by Crippen LogP contribution is 2.26. The van der Waals surface area contributed by atoms with Crippen LogP contribution in [0.1, 0.15) is 16.8 Å². The summed E-state index contributed by atoms with van der Waals surface area (Å²) in [5.41, 5.74) is 3.06. The number of fused-ring (bicyclic) bond motifs is 6. The maximum absolute atomic E-state index is 13.2. The van der Waals surface area contributed by atoms with Gasteiger partial charge in [0.05, 0.1) is 31.6 Å². The van der Waals surface area contributed by atoms with E-state index in [0.717, 1.165) is 16.5 Å². The number of nitrogens with one attached hydrogen (secondary N) is 1. The summed E-state index contributed by atoms with van der Waals surface area (Å²) in [4.78, 5) is 27.9. The highest BCUT2D eigenvalue weighted by atomic mass is 16.5. The van der Waals surface area contributed by atoms with Crippen molar-refractivity contribution >= 4 is 22.8 Å². The number of amides is 2. The molecule has 2 aliphatic heterocycles. The predicted molar refractivity (Wildman–Crippen MR) is 131 cm³/mol. The van der Waals surface area contributed by atoms with E-state index in [0.29, 0.717) is 42.5 Å². The van der Waals surface area contributed by atoms with Crippen LogP contribution >= 0.6 is 0 Å². The highest BCUT2D eigenvalue weighted by molar-refractivity contribution is 5.86. The molecule has 1 saturated heterocycles. The number of hydrogen-bond donors (Lipinski definition) is 1. The van der Waals surface area contributed by atoms with Crippen LogP contribution in [0.2, 0.25) is 0 Å². The number of carbonyl (C=O) groups excluding carboxylic acids is 2. The summed E-state index contributed by atoms with van der Waals surface area (Å²) in [6.07, 6.45) is -0.0126. The van der Waals surface area contributed by atoms with Gasteiger partial charge in [-0.05, 0) is 47.5 Å². The van der Waals surface area contributed by atoms with Crippen molar-refractivity contribution in [2.24, 2.45) is 0 Å². The molecule has 0 saturated carbocycles. The number of carbonyl (C=O) groups is 2. The molecule has 1 aromatic heterocycles. The van der Waals surface area contributed by atoms with Crippen molar-refractivity contribution in [3.8, 4) is 11.5 Å². The number of aromatic nitrogens is 1. The van der Waals surface area contributed by atoms with Gasteiger partial charge in [-0.2, -0.15) is 0 Å². The zero-order chi connectivity index (χ0) is 24.5. The lowest BCUT2D eigenvalue weighted by atomic mass is 10.1. The van der Waals surface area contributed by atoms with E-state index in [-0.39, 0.29) is 36.8 Å². The van der Waals surface area contributed by atoms with Gasteiger partial charge in [-0.25, -0.2) is 0 Å². The average Bonchev–Trinajstić information content (AvgIpc) is 3.47. The van der Waals surface area contributed by atoms with E-state index in [2.05, 4.69) is 10.5 Å². The maximum atomic E-state index is 13.2. The standard InChI is InChI=1S/C28H25N3O5/c32-27-13-18-5-3-7-20(11-18)35-21-8-4-6-19(12-21)17-34-26-16-31(15-24(26)29-27)28(33)14-23-22-9-1-2-10-25(22)36-30-23/h1-12,24,26H,13-17H2,(H,29,32)/t24-,26-/m0/s1. The van der Waals surface area contributed by atoms with Gasteiger partial charge in [0.25, 0.3) is 0 Å². The summed E-state index contributed by atoms with van der Waals surface area (Å²) in [7, 11) is 0. The van der Waals surface area contributed by atoms with Gasteiger partial charge in [0.2, 0.25) is 11.8 Å². The molecule has 182 valence electrons. The fraction of sp³-hybridized carbons (Fsp3) is 0.250. The molecule has 6 rings (SSSR count).